The molecule has 1 heterocycles. The maximum Gasteiger partial charge on any atom is 0.373 e. The Morgan fingerprint density at radius 1 is 1.14 bits per heavy atom. The fraction of sp³-hybridized carbons (Fsp3) is 0.0833. The first kappa shape index (κ1) is 15.7. The molecular weight excluding hydrogens is 343 g/mol. The summed E-state index contributed by atoms with van der Waals surface area (Å²) in [6, 6.07) is 7.35. The van der Waals surface area contributed by atoms with Gasteiger partial charge in [-0.25, -0.2) is 4.79 Å². The van der Waals surface area contributed by atoms with Crippen LogP contribution in [0.4, 0.5) is 0 Å². The fourth-order valence-electron chi connectivity index (χ4n) is 1.41. The van der Waals surface area contributed by atoms with Gasteiger partial charge in [0.05, 0.1) is 5.56 Å². The largest absolute Gasteiger partial charge is 0.478 e. The number of carboxylic acids is 1. The Hall–Kier alpha value is -1.70. The van der Waals surface area contributed by atoms with Crippen molar-refractivity contribution in [2.75, 3.05) is 0 Å². The molecule has 6 nitrogen and oxygen atoms in total. The molecule has 9 heteroatoms. The molecule has 0 spiro atoms. The van der Waals surface area contributed by atoms with Gasteiger partial charge in [0.1, 0.15) is 11.5 Å². The van der Waals surface area contributed by atoms with Gasteiger partial charge < -0.3 is 13.7 Å². The lowest BCUT2D eigenvalue weighted by atomic mass is 10.2. The minimum absolute atomic E-state index is 0.00662. The molecule has 1 aromatic heterocycles. The van der Waals surface area contributed by atoms with Gasteiger partial charge in [-0.05, 0) is 36.4 Å². The molecule has 21 heavy (non-hydrogen) atoms. The molecule has 0 aliphatic rings. The number of alkyl halides is 2. The van der Waals surface area contributed by atoms with Crippen LogP contribution in [-0.2, 0) is 10.1 Å². The summed E-state index contributed by atoms with van der Waals surface area (Å²) >= 11 is 11.1. The molecule has 0 atom stereocenters. The van der Waals surface area contributed by atoms with Crippen molar-refractivity contribution in [2.45, 2.75) is 9.93 Å². The molecule has 0 amide bonds. The minimum Gasteiger partial charge on any atom is -0.478 e. The highest BCUT2D eigenvalue weighted by Gasteiger charge is 2.23. The lowest BCUT2D eigenvalue weighted by molar-refractivity contribution is 0.0697. The molecule has 1 N–H and O–H groups in total. The zero-order chi connectivity index (χ0) is 15.6. The third kappa shape index (κ3) is 3.69. The van der Waals surface area contributed by atoms with Crippen molar-refractivity contribution in [2.24, 2.45) is 0 Å². The molecule has 1 aromatic carbocycles. The maximum atomic E-state index is 11.9. The van der Waals surface area contributed by atoms with Crippen molar-refractivity contribution in [3.8, 4) is 5.75 Å². The van der Waals surface area contributed by atoms with E-state index < -0.39 is 26.0 Å². The second kappa shape index (κ2) is 5.97. The molecular formula is C12H8Cl2O6S. The van der Waals surface area contributed by atoms with E-state index in [1.807, 2.05) is 0 Å². The smallest absolute Gasteiger partial charge is 0.373 e. The summed E-state index contributed by atoms with van der Waals surface area (Å²) in [5.41, 5.74) is 0.00662. The van der Waals surface area contributed by atoms with Crippen LogP contribution in [0.2, 0.25) is 0 Å². The van der Waals surface area contributed by atoms with Crippen LogP contribution < -0.4 is 4.18 Å². The van der Waals surface area contributed by atoms with Crippen molar-refractivity contribution >= 4 is 39.3 Å². The van der Waals surface area contributed by atoms with Crippen LogP contribution in [0, 0.1) is 0 Å². The van der Waals surface area contributed by atoms with Crippen LogP contribution in [0.3, 0.4) is 0 Å². The summed E-state index contributed by atoms with van der Waals surface area (Å²) in [6.07, 6.45) is 0. The Labute approximate surface area is 130 Å². The van der Waals surface area contributed by atoms with E-state index in [1.54, 1.807) is 0 Å². The molecule has 0 saturated carbocycles. The third-order valence-corrected chi connectivity index (χ3v) is 3.93. The van der Waals surface area contributed by atoms with Gasteiger partial charge in [0.25, 0.3) is 5.09 Å². The summed E-state index contributed by atoms with van der Waals surface area (Å²) in [6.45, 7) is 0. The quantitative estimate of drug-likeness (QED) is 0.657. The molecule has 0 radical (unpaired) electrons. The number of halogens is 2. The van der Waals surface area contributed by atoms with Gasteiger partial charge in [-0.1, -0.05) is 23.2 Å². The fourth-order valence-corrected chi connectivity index (χ4v) is 2.52. The molecule has 0 unspecified atom stereocenters. The summed E-state index contributed by atoms with van der Waals surface area (Å²) < 4.78 is 33.7. The number of hydrogen-bond donors (Lipinski definition) is 1. The normalized spacial score (nSPS) is 11.6. The summed E-state index contributed by atoms with van der Waals surface area (Å²) in [7, 11) is -4.19. The molecule has 0 saturated heterocycles. The number of furan rings is 1. The average Bonchev–Trinajstić information content (AvgIpc) is 2.89. The lowest BCUT2D eigenvalue weighted by Crippen LogP contribution is -2.09. The zero-order valence-electron chi connectivity index (χ0n) is 10.2. The number of carboxylic acid groups (broad SMARTS) is 1. The Bertz CT molecular complexity index is 748. The highest BCUT2D eigenvalue weighted by Crippen LogP contribution is 2.29. The topological polar surface area (TPSA) is 93.8 Å². The average molecular weight is 351 g/mol. The van der Waals surface area contributed by atoms with E-state index in [0.717, 1.165) is 6.07 Å². The molecule has 112 valence electrons. The minimum atomic E-state index is -4.19. The van der Waals surface area contributed by atoms with E-state index in [4.69, 9.17) is 36.9 Å². The number of benzene rings is 1. The van der Waals surface area contributed by atoms with E-state index in [-0.39, 0.29) is 17.1 Å². The predicted octanol–water partition coefficient (Wildman–Crippen LogP) is 3.22. The van der Waals surface area contributed by atoms with E-state index >= 15 is 0 Å². The first-order chi connectivity index (χ1) is 9.79. The number of aromatic carboxylic acids is 1. The van der Waals surface area contributed by atoms with Gasteiger partial charge in [0.2, 0.25) is 0 Å². The Morgan fingerprint density at radius 3 is 2.24 bits per heavy atom. The first-order valence-corrected chi connectivity index (χ1v) is 7.73. The van der Waals surface area contributed by atoms with Gasteiger partial charge >= 0.3 is 16.1 Å². The Balaban J connectivity index is 2.22. The SMILES string of the molecule is O=C(O)c1ccc(OS(=O)(=O)c2ccc(C(Cl)Cl)o2)cc1. The monoisotopic (exact) mass is 350 g/mol. The Morgan fingerprint density at radius 2 is 1.76 bits per heavy atom. The van der Waals surface area contributed by atoms with E-state index in [2.05, 4.69) is 0 Å². The van der Waals surface area contributed by atoms with Crippen LogP contribution >= 0.6 is 23.2 Å². The predicted molar refractivity (Wildman–Crippen MR) is 74.4 cm³/mol. The zero-order valence-corrected chi connectivity index (χ0v) is 12.5. The second-order valence-corrected chi connectivity index (χ2v) is 6.40. The Kier molecular flexibility index (Phi) is 4.46. The standard InChI is InChI=1S/C12H8Cl2O6S/c13-11(14)9-5-6-10(19-9)21(17,18)20-8-3-1-7(2-4-8)12(15)16/h1-6,11H,(H,15,16). The number of rotatable bonds is 5. The van der Waals surface area contributed by atoms with Gasteiger partial charge in [-0.2, -0.15) is 8.42 Å². The van der Waals surface area contributed by atoms with Crippen molar-refractivity contribution < 1.29 is 26.9 Å². The lowest BCUT2D eigenvalue weighted by Gasteiger charge is -2.05. The molecule has 0 bridgehead atoms. The second-order valence-electron chi connectivity index (χ2n) is 3.82. The van der Waals surface area contributed by atoms with Crippen molar-refractivity contribution in [1.82, 2.24) is 0 Å². The molecule has 0 aliphatic heterocycles. The van der Waals surface area contributed by atoms with Gasteiger partial charge in [-0.3, -0.25) is 0 Å². The summed E-state index contributed by atoms with van der Waals surface area (Å²) in [5.74, 6) is -1.11. The maximum absolute atomic E-state index is 11.9. The van der Waals surface area contributed by atoms with Crippen LogP contribution in [0.5, 0.6) is 5.75 Å². The molecule has 0 fully saturated rings. The van der Waals surface area contributed by atoms with Crippen LogP contribution in [0.15, 0.2) is 45.9 Å². The van der Waals surface area contributed by atoms with Crippen LogP contribution in [0.25, 0.3) is 0 Å². The first-order valence-electron chi connectivity index (χ1n) is 5.45. The van der Waals surface area contributed by atoms with Gasteiger partial charge in [0.15, 0.2) is 4.84 Å². The van der Waals surface area contributed by atoms with Crippen molar-refractivity contribution in [1.29, 1.82) is 0 Å². The van der Waals surface area contributed by atoms with Gasteiger partial charge in [-0.15, -0.1) is 0 Å². The number of hydrogen-bond acceptors (Lipinski definition) is 5. The van der Waals surface area contributed by atoms with Crippen LogP contribution in [0.1, 0.15) is 21.0 Å². The van der Waals surface area contributed by atoms with Crippen molar-refractivity contribution in [3.05, 3.63) is 47.7 Å². The van der Waals surface area contributed by atoms with E-state index in [0.29, 0.717) is 0 Å². The highest BCUT2D eigenvalue weighted by molar-refractivity contribution is 7.87. The van der Waals surface area contributed by atoms with E-state index in [1.165, 1.54) is 30.3 Å². The van der Waals surface area contributed by atoms with Crippen molar-refractivity contribution in [3.63, 3.8) is 0 Å². The summed E-state index contributed by atoms with van der Waals surface area (Å²) in [5, 5.41) is 8.29. The molecule has 2 aromatic rings. The van der Waals surface area contributed by atoms with Crippen LogP contribution in [-0.4, -0.2) is 19.5 Å². The van der Waals surface area contributed by atoms with E-state index in [9.17, 15) is 13.2 Å². The third-order valence-electron chi connectivity index (χ3n) is 2.37. The van der Waals surface area contributed by atoms with Gasteiger partial charge in [0, 0.05) is 0 Å². The number of carbonyl (C=O) groups is 1. The summed E-state index contributed by atoms with van der Waals surface area (Å²) in [4.78, 5) is 9.69. The highest BCUT2D eigenvalue weighted by atomic mass is 35.5. The molecule has 2 rings (SSSR count). The molecule has 0 aliphatic carbocycles.